The number of benzene rings is 3. The maximum Gasteiger partial charge on any atom is 0.303 e. The first kappa shape index (κ1) is 31.8. The molecule has 0 aliphatic heterocycles. The van der Waals surface area contributed by atoms with Crippen molar-refractivity contribution in [3.8, 4) is 5.75 Å². The van der Waals surface area contributed by atoms with Crippen LogP contribution in [0.4, 0.5) is 0 Å². The van der Waals surface area contributed by atoms with Crippen molar-refractivity contribution in [2.24, 2.45) is 46.3 Å². The lowest BCUT2D eigenvalue weighted by atomic mass is 9.46. The lowest BCUT2D eigenvalue weighted by Gasteiger charge is -2.59. The van der Waals surface area contributed by atoms with E-state index in [-0.39, 0.29) is 23.6 Å². The topological polar surface area (TPSA) is 35.5 Å². The Bertz CT molecular complexity index is 1620. The molecule has 3 aromatic rings. The van der Waals surface area contributed by atoms with Crippen molar-refractivity contribution in [1.82, 2.24) is 0 Å². The van der Waals surface area contributed by atoms with Gasteiger partial charge in [-0.05, 0) is 131 Å². The van der Waals surface area contributed by atoms with Gasteiger partial charge in [0.1, 0.15) is 11.9 Å². The zero-order valence-corrected chi connectivity index (χ0v) is 29.2. The molecule has 4 aliphatic carbocycles. The van der Waals surface area contributed by atoms with E-state index in [2.05, 4.69) is 95.3 Å². The molecule has 3 heteroatoms. The molecule has 0 heterocycles. The number of ether oxygens (including phenoxy) is 2. The van der Waals surface area contributed by atoms with Gasteiger partial charge in [0, 0.05) is 12.3 Å². The number of allylic oxidation sites excluding steroid dienone is 1. The maximum atomic E-state index is 12.4. The largest absolute Gasteiger partial charge is 0.482 e. The molecule has 3 saturated carbocycles. The first-order chi connectivity index (χ1) is 22.1. The molecule has 0 spiro atoms. The highest BCUT2D eigenvalue weighted by Crippen LogP contribution is 2.67. The fourth-order valence-corrected chi connectivity index (χ4v) is 11.4. The van der Waals surface area contributed by atoms with Crippen LogP contribution in [0.15, 0.2) is 66.2 Å². The summed E-state index contributed by atoms with van der Waals surface area (Å²) < 4.78 is 13.2. The summed E-state index contributed by atoms with van der Waals surface area (Å²) in [7, 11) is 0. The van der Waals surface area contributed by atoms with Crippen molar-refractivity contribution < 1.29 is 14.3 Å². The van der Waals surface area contributed by atoms with E-state index < -0.39 is 0 Å². The number of carbonyl (C=O) groups is 1. The van der Waals surface area contributed by atoms with Crippen LogP contribution in [0.5, 0.6) is 5.75 Å². The average molecular weight is 621 g/mol. The highest BCUT2D eigenvalue weighted by atomic mass is 16.6. The van der Waals surface area contributed by atoms with Crippen LogP contribution in [0, 0.1) is 46.3 Å². The van der Waals surface area contributed by atoms with Crippen molar-refractivity contribution in [1.29, 1.82) is 0 Å². The molecular formula is C43H56O3. The number of esters is 1. The van der Waals surface area contributed by atoms with Gasteiger partial charge in [-0.3, -0.25) is 4.79 Å². The van der Waals surface area contributed by atoms with Crippen LogP contribution in [0.2, 0.25) is 0 Å². The predicted molar refractivity (Wildman–Crippen MR) is 190 cm³/mol. The third-order valence-electron chi connectivity index (χ3n) is 13.6. The van der Waals surface area contributed by atoms with Crippen LogP contribution in [0.3, 0.4) is 0 Å². The zero-order chi connectivity index (χ0) is 32.2. The fourth-order valence-electron chi connectivity index (χ4n) is 11.4. The van der Waals surface area contributed by atoms with Crippen molar-refractivity contribution in [2.75, 3.05) is 0 Å². The van der Waals surface area contributed by atoms with Gasteiger partial charge >= 0.3 is 5.97 Å². The minimum Gasteiger partial charge on any atom is -0.482 e. The molecule has 246 valence electrons. The van der Waals surface area contributed by atoms with E-state index >= 15 is 0 Å². The second kappa shape index (κ2) is 12.3. The molecule has 0 aromatic heterocycles. The average Bonchev–Trinajstić information content (AvgIpc) is 3.38. The van der Waals surface area contributed by atoms with E-state index in [0.717, 1.165) is 60.0 Å². The lowest BCUT2D eigenvalue weighted by Crippen LogP contribution is -2.55. The van der Waals surface area contributed by atoms with Crippen molar-refractivity contribution >= 4 is 27.5 Å². The minimum absolute atomic E-state index is 0.0732. The molecule has 3 fully saturated rings. The molecule has 0 bridgehead atoms. The Hall–Kier alpha value is -2.81. The molecular weight excluding hydrogens is 564 g/mol. The predicted octanol–water partition coefficient (Wildman–Crippen LogP) is 11.3. The van der Waals surface area contributed by atoms with E-state index in [1.54, 1.807) is 6.92 Å². The fraction of sp³-hybridized carbons (Fsp3) is 0.605. The molecule has 3 aromatic carbocycles. The van der Waals surface area contributed by atoms with E-state index in [1.807, 2.05) is 0 Å². The monoisotopic (exact) mass is 620 g/mol. The van der Waals surface area contributed by atoms with Gasteiger partial charge in [-0.1, -0.05) is 96.4 Å². The van der Waals surface area contributed by atoms with E-state index in [4.69, 9.17) is 9.47 Å². The van der Waals surface area contributed by atoms with Gasteiger partial charge in [-0.2, -0.15) is 0 Å². The molecule has 0 saturated heterocycles. The molecule has 0 radical (unpaired) electrons. The summed E-state index contributed by atoms with van der Waals surface area (Å²) in [5, 5.41) is 4.75. The summed E-state index contributed by atoms with van der Waals surface area (Å²) in [5.74, 6) is 5.40. The Morgan fingerprint density at radius 2 is 1.63 bits per heavy atom. The maximum absolute atomic E-state index is 12.4. The number of hydrogen-bond donors (Lipinski definition) is 0. The summed E-state index contributed by atoms with van der Waals surface area (Å²) in [6, 6.07) is 19.4. The third kappa shape index (κ3) is 5.48. The number of hydrogen-bond acceptors (Lipinski definition) is 3. The number of rotatable bonds is 8. The van der Waals surface area contributed by atoms with Gasteiger partial charge in [0.15, 0.2) is 6.10 Å². The van der Waals surface area contributed by atoms with Crippen LogP contribution in [-0.2, 0) is 9.53 Å². The van der Waals surface area contributed by atoms with Crippen LogP contribution < -0.4 is 4.74 Å². The first-order valence-electron chi connectivity index (χ1n) is 18.5. The second-order valence-electron chi connectivity index (χ2n) is 16.6. The Balaban J connectivity index is 1.19. The van der Waals surface area contributed by atoms with Crippen LogP contribution in [0.25, 0.3) is 21.5 Å². The molecule has 4 aliphatic rings. The van der Waals surface area contributed by atoms with Crippen molar-refractivity contribution in [3.05, 3.63) is 66.2 Å². The normalized spacial score (nSPS) is 34.5. The molecule has 3 nitrogen and oxygen atoms in total. The van der Waals surface area contributed by atoms with Gasteiger partial charge in [-0.25, -0.2) is 0 Å². The van der Waals surface area contributed by atoms with Crippen LogP contribution in [0.1, 0.15) is 106 Å². The first-order valence-corrected chi connectivity index (χ1v) is 18.5. The second-order valence-corrected chi connectivity index (χ2v) is 16.6. The van der Waals surface area contributed by atoms with Crippen molar-refractivity contribution in [3.63, 3.8) is 0 Å². The van der Waals surface area contributed by atoms with Crippen LogP contribution in [-0.4, -0.2) is 18.2 Å². The molecule has 1 unspecified atom stereocenters. The highest BCUT2D eigenvalue weighted by Gasteiger charge is 2.60. The quantitative estimate of drug-likeness (QED) is 0.143. The van der Waals surface area contributed by atoms with Gasteiger partial charge in [-0.15, -0.1) is 0 Å². The zero-order valence-electron chi connectivity index (χ0n) is 29.2. The lowest BCUT2D eigenvalue weighted by molar-refractivity contribution is -0.155. The van der Waals surface area contributed by atoms with E-state index in [0.29, 0.717) is 11.3 Å². The molecule has 0 amide bonds. The Kier molecular flexibility index (Phi) is 8.52. The van der Waals surface area contributed by atoms with Crippen LogP contribution >= 0.6 is 0 Å². The Labute approximate surface area is 277 Å². The SMILES string of the molecule is CC(=O)O[C@H]1CC[C@@]2(C)C(=CC[C@H]3[C@@H]4CC[C@H]([C@H](C)CCCC(C)C)[C@@]4(C)CC[C@@H]32)C1Oc1cccc2cc3ccccc3cc12. The summed E-state index contributed by atoms with van der Waals surface area (Å²) in [6.07, 6.45) is 14.7. The van der Waals surface area contributed by atoms with Crippen molar-refractivity contribution in [2.45, 2.75) is 118 Å². The number of carbonyl (C=O) groups excluding carboxylic acids is 1. The van der Waals surface area contributed by atoms with Gasteiger partial charge in [0.25, 0.3) is 0 Å². The Morgan fingerprint density at radius 3 is 2.39 bits per heavy atom. The van der Waals surface area contributed by atoms with Gasteiger partial charge < -0.3 is 9.47 Å². The summed E-state index contributed by atoms with van der Waals surface area (Å²) in [6.45, 7) is 14.1. The molecule has 7 rings (SSSR count). The minimum atomic E-state index is -0.263. The van der Waals surface area contributed by atoms with E-state index in [9.17, 15) is 4.79 Å². The van der Waals surface area contributed by atoms with Gasteiger partial charge in [0.2, 0.25) is 0 Å². The molecule has 46 heavy (non-hydrogen) atoms. The summed E-state index contributed by atoms with van der Waals surface area (Å²) >= 11 is 0. The number of fused-ring (bicyclic) bond motifs is 7. The molecule has 0 N–H and O–H groups in total. The standard InChI is InChI=1S/C43H56O3/c1-27(2)11-9-12-28(3)35-19-20-36-33-17-18-38-41(40(45-29(4)44)22-24-43(38,6)37(33)21-23-42(35,36)5)46-39-16-10-15-32-25-30-13-7-8-14-31(30)26-34(32)39/h7-8,10,13-16,18,25-28,33,35-37,40-41H,9,11-12,17,19-24H2,1-6H3/t28-,33+,35-,36+,37+,40+,41?,42-,43-/m1/s1. The van der Waals surface area contributed by atoms with Gasteiger partial charge in [0.05, 0.1) is 0 Å². The third-order valence-corrected chi connectivity index (χ3v) is 13.6. The summed E-state index contributed by atoms with van der Waals surface area (Å²) in [4.78, 5) is 12.4. The highest BCUT2D eigenvalue weighted by molar-refractivity contribution is 6.00. The van der Waals surface area contributed by atoms with E-state index in [1.165, 1.54) is 66.7 Å². The Morgan fingerprint density at radius 1 is 0.870 bits per heavy atom. The smallest absolute Gasteiger partial charge is 0.303 e. The summed E-state index contributed by atoms with van der Waals surface area (Å²) in [5.41, 5.74) is 1.93. The molecule has 9 atom stereocenters.